The van der Waals surface area contributed by atoms with Gasteiger partial charge >= 0.3 is 0 Å². The molecule has 2 rings (SSSR count). The van der Waals surface area contributed by atoms with Gasteiger partial charge in [-0.25, -0.2) is 4.39 Å². The van der Waals surface area contributed by atoms with Crippen LogP contribution in [0.5, 0.6) is 5.75 Å². The summed E-state index contributed by atoms with van der Waals surface area (Å²) in [6, 6.07) is 5.94. The minimum absolute atomic E-state index is 0.152. The molecule has 1 unspecified atom stereocenters. The Morgan fingerprint density at radius 3 is 2.75 bits per heavy atom. The van der Waals surface area contributed by atoms with Crippen molar-refractivity contribution < 1.29 is 18.7 Å². The van der Waals surface area contributed by atoms with Crippen molar-refractivity contribution in [3.63, 3.8) is 0 Å². The van der Waals surface area contributed by atoms with Crippen molar-refractivity contribution in [1.82, 2.24) is 10.6 Å². The molecular weight excluding hydrogens is 331 g/mol. The molecule has 1 aromatic heterocycles. The fourth-order valence-electron chi connectivity index (χ4n) is 2.13. The van der Waals surface area contributed by atoms with E-state index in [0.29, 0.717) is 11.1 Å². The number of carbonyl (C=O) groups is 2. The first kappa shape index (κ1) is 17.9. The molecule has 0 aliphatic carbocycles. The molecule has 5 nitrogen and oxygen atoms in total. The van der Waals surface area contributed by atoms with Crippen molar-refractivity contribution in [2.45, 2.75) is 19.4 Å². The van der Waals surface area contributed by atoms with E-state index in [1.54, 1.807) is 24.4 Å². The highest BCUT2D eigenvalue weighted by atomic mass is 32.1. The van der Waals surface area contributed by atoms with Crippen LogP contribution in [-0.2, 0) is 4.79 Å². The van der Waals surface area contributed by atoms with Gasteiger partial charge in [-0.2, -0.15) is 11.3 Å². The standard InChI is InChI=1S/C17H19FN2O3S/c1-11(12-3-4-15(23-2)14(18)9-12)20-16(21)5-7-19-17(22)13-6-8-24-10-13/h3-4,6,8-11H,5,7H2,1-2H3,(H,19,22)(H,20,21). The van der Waals surface area contributed by atoms with Gasteiger partial charge in [-0.05, 0) is 36.1 Å². The van der Waals surface area contributed by atoms with Crippen LogP contribution < -0.4 is 15.4 Å². The van der Waals surface area contributed by atoms with Gasteiger partial charge in [0.1, 0.15) is 0 Å². The minimum atomic E-state index is -0.473. The van der Waals surface area contributed by atoms with Crippen LogP contribution in [0.2, 0.25) is 0 Å². The number of thiophene rings is 1. The normalized spacial score (nSPS) is 11.6. The predicted molar refractivity (Wildman–Crippen MR) is 90.8 cm³/mol. The molecule has 2 N–H and O–H groups in total. The number of methoxy groups -OCH3 is 1. The number of benzene rings is 1. The van der Waals surface area contributed by atoms with Crippen LogP contribution >= 0.6 is 11.3 Å². The monoisotopic (exact) mass is 350 g/mol. The summed E-state index contributed by atoms with van der Waals surface area (Å²) in [5.41, 5.74) is 1.23. The van der Waals surface area contributed by atoms with Gasteiger partial charge < -0.3 is 15.4 Å². The fourth-order valence-corrected chi connectivity index (χ4v) is 2.77. The average Bonchev–Trinajstić information content (AvgIpc) is 3.09. The van der Waals surface area contributed by atoms with Crippen molar-refractivity contribution in [3.8, 4) is 5.75 Å². The van der Waals surface area contributed by atoms with Crippen molar-refractivity contribution in [2.75, 3.05) is 13.7 Å². The molecule has 0 saturated heterocycles. The summed E-state index contributed by atoms with van der Waals surface area (Å²) in [5, 5.41) is 9.02. The lowest BCUT2D eigenvalue weighted by Crippen LogP contribution is -2.32. The molecule has 1 aromatic carbocycles. The van der Waals surface area contributed by atoms with Gasteiger partial charge in [0.05, 0.1) is 13.2 Å². The maximum Gasteiger partial charge on any atom is 0.252 e. The predicted octanol–water partition coefficient (Wildman–Crippen LogP) is 2.89. The number of rotatable bonds is 7. The van der Waals surface area contributed by atoms with E-state index in [2.05, 4.69) is 10.6 Å². The molecule has 2 aromatic rings. The zero-order valence-corrected chi connectivity index (χ0v) is 14.3. The van der Waals surface area contributed by atoms with E-state index >= 15 is 0 Å². The molecule has 2 amide bonds. The van der Waals surface area contributed by atoms with E-state index in [-0.39, 0.29) is 36.6 Å². The lowest BCUT2D eigenvalue weighted by atomic mass is 10.1. The zero-order chi connectivity index (χ0) is 17.5. The number of halogens is 1. The highest BCUT2D eigenvalue weighted by molar-refractivity contribution is 7.08. The molecule has 0 saturated carbocycles. The van der Waals surface area contributed by atoms with Crippen LogP contribution in [0, 0.1) is 5.82 Å². The Morgan fingerprint density at radius 2 is 2.12 bits per heavy atom. The number of amides is 2. The number of hydrogen-bond donors (Lipinski definition) is 2. The Bertz CT molecular complexity index is 704. The van der Waals surface area contributed by atoms with Gasteiger partial charge in [0, 0.05) is 23.9 Å². The minimum Gasteiger partial charge on any atom is -0.494 e. The topological polar surface area (TPSA) is 67.4 Å². The van der Waals surface area contributed by atoms with Gasteiger partial charge in [-0.1, -0.05) is 6.07 Å². The molecule has 0 spiro atoms. The summed E-state index contributed by atoms with van der Waals surface area (Å²) in [4.78, 5) is 23.7. The van der Waals surface area contributed by atoms with E-state index in [1.807, 2.05) is 5.38 Å². The third-order valence-corrected chi connectivity index (χ3v) is 4.16. The highest BCUT2D eigenvalue weighted by Gasteiger charge is 2.13. The maximum absolute atomic E-state index is 13.7. The molecule has 0 radical (unpaired) electrons. The lowest BCUT2D eigenvalue weighted by Gasteiger charge is -2.15. The summed E-state index contributed by atoms with van der Waals surface area (Å²) in [7, 11) is 1.40. The van der Waals surface area contributed by atoms with Crippen LogP contribution in [0.15, 0.2) is 35.0 Å². The fraction of sp³-hybridized carbons (Fsp3) is 0.294. The van der Waals surface area contributed by atoms with Gasteiger partial charge in [0.2, 0.25) is 5.91 Å². The summed E-state index contributed by atoms with van der Waals surface area (Å²) in [5.74, 6) is -0.730. The van der Waals surface area contributed by atoms with Gasteiger partial charge in [-0.3, -0.25) is 9.59 Å². The second-order valence-electron chi connectivity index (χ2n) is 5.20. The second-order valence-corrected chi connectivity index (χ2v) is 5.98. The van der Waals surface area contributed by atoms with Crippen molar-refractivity contribution in [1.29, 1.82) is 0 Å². The van der Waals surface area contributed by atoms with Gasteiger partial charge in [-0.15, -0.1) is 0 Å². The van der Waals surface area contributed by atoms with E-state index in [0.717, 1.165) is 0 Å². The summed E-state index contributed by atoms with van der Waals surface area (Å²) >= 11 is 1.44. The number of ether oxygens (including phenoxy) is 1. The highest BCUT2D eigenvalue weighted by Crippen LogP contribution is 2.21. The first-order chi connectivity index (χ1) is 11.5. The Balaban J connectivity index is 1.79. The molecule has 128 valence electrons. The Labute approximate surface area is 143 Å². The van der Waals surface area contributed by atoms with E-state index in [4.69, 9.17) is 4.74 Å². The maximum atomic E-state index is 13.7. The van der Waals surface area contributed by atoms with Crippen molar-refractivity contribution >= 4 is 23.2 Å². The van der Waals surface area contributed by atoms with E-state index in [9.17, 15) is 14.0 Å². The number of nitrogens with one attached hydrogen (secondary N) is 2. The molecule has 0 bridgehead atoms. The van der Waals surface area contributed by atoms with E-state index < -0.39 is 5.82 Å². The van der Waals surface area contributed by atoms with Crippen molar-refractivity contribution in [2.24, 2.45) is 0 Å². The second kappa shape index (κ2) is 8.44. The van der Waals surface area contributed by atoms with Crippen LogP contribution in [-0.4, -0.2) is 25.5 Å². The van der Waals surface area contributed by atoms with E-state index in [1.165, 1.54) is 30.6 Å². The number of carbonyl (C=O) groups excluding carboxylic acids is 2. The molecule has 1 heterocycles. The molecule has 7 heteroatoms. The molecule has 24 heavy (non-hydrogen) atoms. The van der Waals surface area contributed by atoms with Crippen LogP contribution in [0.3, 0.4) is 0 Å². The van der Waals surface area contributed by atoms with Crippen LogP contribution in [0.25, 0.3) is 0 Å². The molecule has 1 atom stereocenters. The number of hydrogen-bond acceptors (Lipinski definition) is 4. The Morgan fingerprint density at radius 1 is 1.33 bits per heavy atom. The average molecular weight is 350 g/mol. The summed E-state index contributed by atoms with van der Waals surface area (Å²) < 4.78 is 18.6. The third kappa shape index (κ3) is 4.79. The SMILES string of the molecule is COc1ccc(C(C)NC(=O)CCNC(=O)c2ccsc2)cc1F. The molecular formula is C17H19FN2O3S. The Hall–Kier alpha value is -2.41. The first-order valence-corrected chi connectivity index (χ1v) is 8.38. The third-order valence-electron chi connectivity index (χ3n) is 3.47. The first-order valence-electron chi connectivity index (χ1n) is 7.44. The van der Waals surface area contributed by atoms with Crippen LogP contribution in [0.1, 0.15) is 35.3 Å². The molecule has 0 aliphatic rings. The largest absolute Gasteiger partial charge is 0.494 e. The quantitative estimate of drug-likeness (QED) is 0.807. The smallest absolute Gasteiger partial charge is 0.252 e. The molecule has 0 fully saturated rings. The van der Waals surface area contributed by atoms with Crippen molar-refractivity contribution in [3.05, 3.63) is 52.0 Å². The summed E-state index contributed by atoms with van der Waals surface area (Å²) in [6.45, 7) is 2.01. The molecule has 0 aliphatic heterocycles. The van der Waals surface area contributed by atoms with Gasteiger partial charge in [0.15, 0.2) is 11.6 Å². The lowest BCUT2D eigenvalue weighted by molar-refractivity contribution is -0.121. The Kier molecular flexibility index (Phi) is 6.31. The van der Waals surface area contributed by atoms with Crippen LogP contribution in [0.4, 0.5) is 4.39 Å². The zero-order valence-electron chi connectivity index (χ0n) is 13.5. The summed E-state index contributed by atoms with van der Waals surface area (Å²) in [6.07, 6.45) is 0.152. The van der Waals surface area contributed by atoms with Gasteiger partial charge in [0.25, 0.3) is 5.91 Å².